The zero-order chi connectivity index (χ0) is 21.5. The minimum Gasteiger partial charge on any atom is -0.486 e. The van der Waals surface area contributed by atoms with Crippen LogP contribution >= 0.6 is 34.3 Å². The predicted molar refractivity (Wildman–Crippen MR) is 118 cm³/mol. The molecule has 1 aromatic carbocycles. The number of halogens is 1. The number of nitrogens with zero attached hydrogens (tertiary/aromatic N) is 2. The first-order valence-corrected chi connectivity index (χ1v) is 11.2. The molecule has 0 saturated carbocycles. The maximum absolute atomic E-state index is 12.1. The number of benzene rings is 1. The number of thiophene rings is 1. The third-order valence-corrected chi connectivity index (χ3v) is 6.20. The van der Waals surface area contributed by atoms with Gasteiger partial charge in [0.1, 0.15) is 17.4 Å². The van der Waals surface area contributed by atoms with Crippen LogP contribution in [0.5, 0.6) is 5.75 Å². The highest BCUT2D eigenvalue weighted by Crippen LogP contribution is 2.22. The first kappa shape index (κ1) is 22.3. The third kappa shape index (κ3) is 6.83. The van der Waals surface area contributed by atoms with Crippen LogP contribution < -0.4 is 4.74 Å². The van der Waals surface area contributed by atoms with Crippen LogP contribution in [0.1, 0.15) is 21.1 Å². The van der Waals surface area contributed by atoms with E-state index in [1.165, 1.54) is 27.6 Å². The second kappa shape index (κ2) is 10.6. The number of amides is 1. The van der Waals surface area contributed by atoms with E-state index in [9.17, 15) is 9.59 Å². The van der Waals surface area contributed by atoms with E-state index in [2.05, 4.69) is 4.98 Å². The van der Waals surface area contributed by atoms with E-state index in [4.69, 9.17) is 21.1 Å². The van der Waals surface area contributed by atoms with Crippen LogP contribution in [-0.4, -0.2) is 35.4 Å². The molecule has 1 amide bonds. The van der Waals surface area contributed by atoms with Crippen molar-refractivity contribution in [3.63, 3.8) is 0 Å². The number of likely N-dealkylation sites (N-methyl/N-ethyl adjacent to an activating group) is 1. The van der Waals surface area contributed by atoms with Crippen molar-refractivity contribution in [1.29, 1.82) is 0 Å². The van der Waals surface area contributed by atoms with E-state index in [0.717, 1.165) is 21.2 Å². The summed E-state index contributed by atoms with van der Waals surface area (Å²) < 4.78 is 11.5. The molecule has 0 bridgehead atoms. The second-order valence-corrected chi connectivity index (χ2v) is 9.37. The number of hydrogen-bond acceptors (Lipinski definition) is 7. The molecule has 0 fully saturated rings. The largest absolute Gasteiger partial charge is 0.486 e. The van der Waals surface area contributed by atoms with Gasteiger partial charge in [0.2, 0.25) is 0 Å². The molecule has 158 valence electrons. The zero-order valence-electron chi connectivity index (χ0n) is 16.6. The number of esters is 1. The summed E-state index contributed by atoms with van der Waals surface area (Å²) in [7, 11) is 1.66. The van der Waals surface area contributed by atoms with Gasteiger partial charge in [-0.25, -0.2) is 4.98 Å². The lowest BCUT2D eigenvalue weighted by atomic mass is 10.2. The molecule has 0 saturated heterocycles. The molecule has 3 rings (SSSR count). The van der Waals surface area contributed by atoms with Crippen molar-refractivity contribution in [1.82, 2.24) is 9.88 Å². The summed E-state index contributed by atoms with van der Waals surface area (Å²) in [6.07, 6.45) is 0.0125. The highest BCUT2D eigenvalue weighted by atomic mass is 35.5. The van der Waals surface area contributed by atoms with Crippen LogP contribution in [0.4, 0.5) is 0 Å². The van der Waals surface area contributed by atoms with Crippen molar-refractivity contribution < 1.29 is 19.1 Å². The number of aryl methyl sites for hydroxylation is 1. The van der Waals surface area contributed by atoms with Crippen LogP contribution in [-0.2, 0) is 33.9 Å². The van der Waals surface area contributed by atoms with Crippen molar-refractivity contribution in [2.24, 2.45) is 0 Å². The fourth-order valence-corrected chi connectivity index (χ4v) is 4.33. The SMILES string of the molecule is Cc1ccc(OCc2nc(CC(=O)OCC(=O)N(C)Cc3ccc(Cl)s3)cs2)cc1. The van der Waals surface area contributed by atoms with Gasteiger partial charge in [0.15, 0.2) is 6.61 Å². The van der Waals surface area contributed by atoms with Crippen molar-refractivity contribution in [3.05, 3.63) is 67.3 Å². The Morgan fingerprint density at radius 1 is 1.17 bits per heavy atom. The summed E-state index contributed by atoms with van der Waals surface area (Å²) in [5.74, 6) is -0.00484. The van der Waals surface area contributed by atoms with Gasteiger partial charge < -0.3 is 14.4 Å². The highest BCUT2D eigenvalue weighted by Gasteiger charge is 2.15. The number of carbonyl (C=O) groups excluding carboxylic acids is 2. The molecule has 3 aromatic rings. The fourth-order valence-electron chi connectivity index (χ4n) is 2.49. The van der Waals surface area contributed by atoms with E-state index in [1.54, 1.807) is 18.5 Å². The van der Waals surface area contributed by atoms with Gasteiger partial charge in [-0.1, -0.05) is 29.3 Å². The number of hydrogen-bond donors (Lipinski definition) is 0. The third-order valence-electron chi connectivity index (χ3n) is 4.11. The summed E-state index contributed by atoms with van der Waals surface area (Å²) in [4.78, 5) is 31.0. The quantitative estimate of drug-likeness (QED) is 0.436. The first-order chi connectivity index (χ1) is 14.4. The summed E-state index contributed by atoms with van der Waals surface area (Å²) in [5, 5.41) is 2.56. The molecule has 0 aliphatic rings. The molecule has 0 radical (unpaired) electrons. The molecule has 0 spiro atoms. The Morgan fingerprint density at radius 3 is 2.63 bits per heavy atom. The predicted octanol–water partition coefficient (Wildman–Crippen LogP) is 4.49. The molecule has 9 heteroatoms. The maximum Gasteiger partial charge on any atom is 0.312 e. The van der Waals surface area contributed by atoms with Gasteiger partial charge >= 0.3 is 5.97 Å². The maximum atomic E-state index is 12.1. The van der Waals surface area contributed by atoms with Crippen LogP contribution in [0.25, 0.3) is 0 Å². The van der Waals surface area contributed by atoms with Gasteiger partial charge in [-0.05, 0) is 31.2 Å². The number of rotatable bonds is 9. The molecule has 0 unspecified atom stereocenters. The molecule has 30 heavy (non-hydrogen) atoms. The van der Waals surface area contributed by atoms with Crippen LogP contribution in [0, 0.1) is 6.92 Å². The lowest BCUT2D eigenvalue weighted by Gasteiger charge is -2.16. The van der Waals surface area contributed by atoms with Crippen molar-refractivity contribution in [3.8, 4) is 5.75 Å². The minimum atomic E-state index is -0.493. The Morgan fingerprint density at radius 2 is 1.93 bits per heavy atom. The number of thiazole rings is 1. The van der Waals surface area contributed by atoms with Gasteiger partial charge in [-0.2, -0.15) is 0 Å². The van der Waals surface area contributed by atoms with E-state index >= 15 is 0 Å². The smallest absolute Gasteiger partial charge is 0.312 e. The minimum absolute atomic E-state index is 0.0125. The van der Waals surface area contributed by atoms with Gasteiger partial charge in [0.05, 0.1) is 23.0 Å². The monoisotopic (exact) mass is 464 g/mol. The van der Waals surface area contributed by atoms with Crippen molar-refractivity contribution >= 4 is 46.2 Å². The van der Waals surface area contributed by atoms with E-state index in [0.29, 0.717) is 23.2 Å². The highest BCUT2D eigenvalue weighted by molar-refractivity contribution is 7.16. The Hall–Kier alpha value is -2.42. The van der Waals surface area contributed by atoms with Gasteiger partial charge in [-0.3, -0.25) is 9.59 Å². The molecule has 6 nitrogen and oxygen atoms in total. The molecular formula is C21H21ClN2O4S2. The molecule has 0 aliphatic heterocycles. The summed E-state index contributed by atoms with van der Waals surface area (Å²) in [6, 6.07) is 11.4. The second-order valence-electron chi connectivity index (χ2n) is 6.63. The average molecular weight is 465 g/mol. The molecule has 2 heterocycles. The number of aromatic nitrogens is 1. The summed E-state index contributed by atoms with van der Waals surface area (Å²) in [6.45, 7) is 2.46. The Labute approximate surface area is 188 Å². The van der Waals surface area contributed by atoms with Crippen LogP contribution in [0.15, 0.2) is 41.8 Å². The van der Waals surface area contributed by atoms with E-state index < -0.39 is 5.97 Å². The topological polar surface area (TPSA) is 68.7 Å². The van der Waals surface area contributed by atoms with Crippen LogP contribution in [0.2, 0.25) is 4.34 Å². The zero-order valence-corrected chi connectivity index (χ0v) is 19.0. The Bertz CT molecular complexity index is 1000. The standard InChI is InChI=1S/C21H21ClN2O4S2/c1-14-3-5-16(6-4-14)27-11-19-23-15(13-29-19)9-21(26)28-12-20(25)24(2)10-17-7-8-18(22)30-17/h3-8,13H,9-12H2,1-2H3. The van der Waals surface area contributed by atoms with Gasteiger partial charge in [-0.15, -0.1) is 22.7 Å². The number of ether oxygens (including phenoxy) is 2. The Balaban J connectivity index is 1.40. The fraction of sp³-hybridized carbons (Fsp3) is 0.286. The summed E-state index contributed by atoms with van der Waals surface area (Å²) in [5.41, 5.74) is 1.76. The van der Waals surface area contributed by atoms with Crippen LogP contribution in [0.3, 0.4) is 0 Å². The van der Waals surface area contributed by atoms with Crippen molar-refractivity contribution in [2.45, 2.75) is 26.5 Å². The van der Waals surface area contributed by atoms with Gasteiger partial charge in [0.25, 0.3) is 5.91 Å². The molecule has 0 N–H and O–H groups in total. The normalized spacial score (nSPS) is 10.6. The summed E-state index contributed by atoms with van der Waals surface area (Å²) >= 11 is 8.72. The number of carbonyl (C=O) groups is 2. The van der Waals surface area contributed by atoms with Gasteiger partial charge in [0, 0.05) is 17.3 Å². The lowest BCUT2D eigenvalue weighted by Crippen LogP contribution is -2.30. The first-order valence-electron chi connectivity index (χ1n) is 9.15. The Kier molecular flexibility index (Phi) is 7.84. The van der Waals surface area contributed by atoms with E-state index in [-0.39, 0.29) is 18.9 Å². The average Bonchev–Trinajstić information content (AvgIpc) is 3.34. The lowest BCUT2D eigenvalue weighted by molar-refractivity contribution is -0.151. The molecule has 0 atom stereocenters. The van der Waals surface area contributed by atoms with Crippen molar-refractivity contribution in [2.75, 3.05) is 13.7 Å². The molecular weight excluding hydrogens is 444 g/mol. The molecule has 2 aromatic heterocycles. The van der Waals surface area contributed by atoms with E-state index in [1.807, 2.05) is 37.3 Å². The molecule has 0 aliphatic carbocycles.